The van der Waals surface area contributed by atoms with E-state index in [4.69, 9.17) is 11.6 Å². The van der Waals surface area contributed by atoms with Gasteiger partial charge in [0, 0.05) is 6.07 Å². The van der Waals surface area contributed by atoms with Crippen LogP contribution in [0.1, 0.15) is 6.92 Å². The van der Waals surface area contributed by atoms with E-state index in [2.05, 4.69) is 5.43 Å². The first-order chi connectivity index (χ1) is 9.19. The molecule has 1 unspecified atom stereocenters. The molecule has 1 amide bonds. The summed E-state index contributed by atoms with van der Waals surface area (Å²) in [5, 5.41) is 10.8. The molecule has 20 heavy (non-hydrogen) atoms. The van der Waals surface area contributed by atoms with Crippen LogP contribution in [0, 0.1) is 10.1 Å². The fourth-order valence-corrected chi connectivity index (χ4v) is 2.54. The van der Waals surface area contributed by atoms with Gasteiger partial charge in [0.25, 0.3) is 5.69 Å². The topological polar surface area (TPSA) is 170 Å². The van der Waals surface area contributed by atoms with E-state index in [1.807, 2.05) is 4.72 Å². The van der Waals surface area contributed by atoms with E-state index >= 15 is 0 Å². The fourth-order valence-electron chi connectivity index (χ4n) is 1.31. The molecule has 11 heteroatoms. The van der Waals surface area contributed by atoms with Crippen LogP contribution in [-0.2, 0) is 14.8 Å². The van der Waals surface area contributed by atoms with Crippen LogP contribution in [0.4, 0.5) is 11.4 Å². The molecule has 6 N–H and O–H groups in total. The lowest BCUT2D eigenvalue weighted by atomic mass is 10.3. The number of hydrogen-bond donors (Lipinski definition) is 4. The molecule has 1 atom stereocenters. The van der Waals surface area contributed by atoms with Gasteiger partial charge in [-0.2, -0.15) is 4.72 Å². The monoisotopic (exact) mass is 303 g/mol. The van der Waals surface area contributed by atoms with Gasteiger partial charge in [-0.1, -0.05) is 0 Å². The van der Waals surface area contributed by atoms with Crippen molar-refractivity contribution in [3.8, 4) is 0 Å². The van der Waals surface area contributed by atoms with Crippen LogP contribution >= 0.6 is 0 Å². The summed E-state index contributed by atoms with van der Waals surface area (Å²) in [4.78, 5) is 20.5. The van der Waals surface area contributed by atoms with Crippen LogP contribution in [0.2, 0.25) is 0 Å². The SMILES string of the molecule is CC(NS(=O)(=O)c1ccc(NN)c([N+](=O)[O-])c1)C(N)=O. The number of hydrazine groups is 1. The summed E-state index contributed by atoms with van der Waals surface area (Å²) in [5.74, 6) is 4.22. The second kappa shape index (κ2) is 5.81. The Kier molecular flexibility index (Phi) is 4.60. The van der Waals surface area contributed by atoms with Crippen LogP contribution in [-0.4, -0.2) is 25.3 Å². The molecule has 0 saturated carbocycles. The lowest BCUT2D eigenvalue weighted by Crippen LogP contribution is -2.42. The standard InChI is InChI=1S/C9H13N5O5S/c1-5(9(10)15)13-20(18,19)6-2-3-7(12-11)8(4-6)14(16)17/h2-5,12-13H,11H2,1H3,(H2,10,15). The zero-order valence-corrected chi connectivity index (χ0v) is 11.2. The van der Waals surface area contributed by atoms with Gasteiger partial charge in [0.15, 0.2) is 0 Å². The van der Waals surface area contributed by atoms with Gasteiger partial charge in [0.1, 0.15) is 5.69 Å². The van der Waals surface area contributed by atoms with Gasteiger partial charge in [-0.05, 0) is 19.1 Å². The Hall–Kier alpha value is -2.24. The second-order valence-electron chi connectivity index (χ2n) is 3.83. The van der Waals surface area contributed by atoms with Crippen molar-refractivity contribution in [3.05, 3.63) is 28.3 Å². The minimum Gasteiger partial charge on any atom is -0.368 e. The Balaban J connectivity index is 3.23. The van der Waals surface area contributed by atoms with E-state index in [-0.39, 0.29) is 10.6 Å². The molecular weight excluding hydrogens is 290 g/mol. The van der Waals surface area contributed by atoms with Crippen LogP contribution in [0.25, 0.3) is 0 Å². The number of nitro groups is 1. The zero-order chi connectivity index (χ0) is 15.5. The molecule has 0 aliphatic heterocycles. The molecule has 0 fully saturated rings. The number of primary amides is 1. The summed E-state index contributed by atoms with van der Waals surface area (Å²) in [6.07, 6.45) is 0. The number of anilines is 1. The van der Waals surface area contributed by atoms with Crippen molar-refractivity contribution in [2.45, 2.75) is 17.9 Å². The van der Waals surface area contributed by atoms with Crippen molar-refractivity contribution < 1.29 is 18.1 Å². The predicted molar refractivity (Wildman–Crippen MR) is 69.9 cm³/mol. The molecule has 1 aromatic carbocycles. The summed E-state index contributed by atoms with van der Waals surface area (Å²) in [6.45, 7) is 1.25. The highest BCUT2D eigenvalue weighted by atomic mass is 32.2. The maximum absolute atomic E-state index is 11.9. The highest BCUT2D eigenvalue weighted by Crippen LogP contribution is 2.26. The normalized spacial score (nSPS) is 12.7. The van der Waals surface area contributed by atoms with Gasteiger partial charge in [-0.15, -0.1) is 0 Å². The summed E-state index contributed by atoms with van der Waals surface area (Å²) >= 11 is 0. The third kappa shape index (κ3) is 3.40. The number of carbonyl (C=O) groups is 1. The number of nitro benzene ring substituents is 1. The first-order valence-corrected chi connectivity index (χ1v) is 6.74. The highest BCUT2D eigenvalue weighted by molar-refractivity contribution is 7.89. The summed E-state index contributed by atoms with van der Waals surface area (Å²) in [6, 6.07) is 1.93. The molecule has 0 aliphatic rings. The lowest BCUT2D eigenvalue weighted by molar-refractivity contribution is -0.384. The molecule has 0 radical (unpaired) electrons. The van der Waals surface area contributed by atoms with E-state index in [1.54, 1.807) is 0 Å². The minimum atomic E-state index is -4.11. The zero-order valence-electron chi connectivity index (χ0n) is 10.4. The largest absolute Gasteiger partial charge is 0.368 e. The number of hydrogen-bond acceptors (Lipinski definition) is 7. The minimum absolute atomic E-state index is 0.0445. The van der Waals surface area contributed by atoms with Gasteiger partial charge >= 0.3 is 0 Å². The summed E-state index contributed by atoms with van der Waals surface area (Å²) in [7, 11) is -4.11. The molecule has 0 aromatic heterocycles. The molecule has 1 aromatic rings. The Morgan fingerprint density at radius 1 is 1.45 bits per heavy atom. The Bertz CT molecular complexity index is 644. The molecule has 0 aliphatic carbocycles. The average molecular weight is 303 g/mol. The average Bonchev–Trinajstić information content (AvgIpc) is 2.37. The number of rotatable bonds is 6. The van der Waals surface area contributed by atoms with Crippen LogP contribution in [0.15, 0.2) is 23.1 Å². The Labute approximate surface area is 114 Å². The van der Waals surface area contributed by atoms with E-state index < -0.39 is 32.6 Å². The molecule has 0 saturated heterocycles. The molecule has 0 heterocycles. The third-order valence-corrected chi connectivity index (χ3v) is 3.93. The van der Waals surface area contributed by atoms with Crippen molar-refractivity contribution in [1.82, 2.24) is 4.72 Å². The van der Waals surface area contributed by atoms with Gasteiger partial charge in [0.05, 0.1) is 15.9 Å². The van der Waals surface area contributed by atoms with Gasteiger partial charge in [0.2, 0.25) is 15.9 Å². The summed E-state index contributed by atoms with van der Waals surface area (Å²) < 4.78 is 25.9. The predicted octanol–water partition coefficient (Wildman–Crippen LogP) is -0.967. The highest BCUT2D eigenvalue weighted by Gasteiger charge is 2.24. The number of nitrogens with two attached hydrogens (primary N) is 2. The maximum Gasteiger partial charge on any atom is 0.294 e. The van der Waals surface area contributed by atoms with Crippen molar-refractivity contribution in [3.63, 3.8) is 0 Å². The number of amides is 1. The smallest absolute Gasteiger partial charge is 0.294 e. The first kappa shape index (κ1) is 15.8. The number of nitrogen functional groups attached to an aromatic ring is 1. The van der Waals surface area contributed by atoms with Crippen LogP contribution in [0.5, 0.6) is 0 Å². The molecule has 0 bridgehead atoms. The Morgan fingerprint density at radius 3 is 2.50 bits per heavy atom. The van der Waals surface area contributed by atoms with Crippen LogP contribution < -0.4 is 21.7 Å². The van der Waals surface area contributed by atoms with Gasteiger partial charge < -0.3 is 11.2 Å². The van der Waals surface area contributed by atoms with Crippen LogP contribution in [0.3, 0.4) is 0 Å². The lowest BCUT2D eigenvalue weighted by Gasteiger charge is -2.11. The van der Waals surface area contributed by atoms with Crippen molar-refractivity contribution in [2.75, 3.05) is 5.43 Å². The molecule has 110 valence electrons. The van der Waals surface area contributed by atoms with Gasteiger partial charge in [-0.25, -0.2) is 8.42 Å². The number of sulfonamides is 1. The van der Waals surface area contributed by atoms with E-state index in [1.165, 1.54) is 6.92 Å². The number of nitrogens with one attached hydrogen (secondary N) is 2. The van der Waals surface area contributed by atoms with Crippen molar-refractivity contribution in [2.24, 2.45) is 11.6 Å². The fraction of sp³-hybridized carbons (Fsp3) is 0.222. The van der Waals surface area contributed by atoms with E-state index in [0.29, 0.717) is 0 Å². The Morgan fingerprint density at radius 2 is 2.05 bits per heavy atom. The summed E-state index contributed by atoms with van der Waals surface area (Å²) in [5.41, 5.74) is 6.47. The van der Waals surface area contributed by atoms with Gasteiger partial charge in [-0.3, -0.25) is 20.8 Å². The number of carbonyl (C=O) groups excluding carboxylic acids is 1. The quantitative estimate of drug-likeness (QED) is 0.297. The number of nitrogens with zero attached hydrogens (tertiary/aromatic N) is 1. The third-order valence-electron chi connectivity index (χ3n) is 2.39. The molecule has 0 spiro atoms. The molecule has 10 nitrogen and oxygen atoms in total. The maximum atomic E-state index is 11.9. The molecule has 1 rings (SSSR count). The molecular formula is C9H13N5O5S. The van der Waals surface area contributed by atoms with E-state index in [9.17, 15) is 23.3 Å². The van der Waals surface area contributed by atoms with Crippen molar-refractivity contribution in [1.29, 1.82) is 0 Å². The first-order valence-electron chi connectivity index (χ1n) is 5.25. The second-order valence-corrected chi connectivity index (χ2v) is 5.54. The number of benzene rings is 1. The van der Waals surface area contributed by atoms with E-state index in [0.717, 1.165) is 18.2 Å². The van der Waals surface area contributed by atoms with Crippen molar-refractivity contribution >= 4 is 27.3 Å².